The van der Waals surface area contributed by atoms with Crippen LogP contribution in [0.5, 0.6) is 0 Å². The first-order valence-corrected chi connectivity index (χ1v) is 7.15. The monoisotopic (exact) mass is 296 g/mol. The molecule has 0 bridgehead atoms. The van der Waals surface area contributed by atoms with Gasteiger partial charge >= 0.3 is 0 Å². The average Bonchev–Trinajstić information content (AvgIpc) is 2.66. The summed E-state index contributed by atoms with van der Waals surface area (Å²) in [7, 11) is -3.48. The van der Waals surface area contributed by atoms with Gasteiger partial charge in [0.05, 0.1) is 6.33 Å². The lowest BCUT2D eigenvalue weighted by Crippen LogP contribution is -2.26. The number of aromatic nitrogens is 2. The van der Waals surface area contributed by atoms with Crippen LogP contribution in [0.1, 0.15) is 20.3 Å². The molecule has 0 aliphatic heterocycles. The fraction of sp³-hybridized carbons (Fsp3) is 0.700. The molecule has 0 radical (unpaired) electrons. The van der Waals surface area contributed by atoms with Crippen LogP contribution in [0.25, 0.3) is 0 Å². The summed E-state index contributed by atoms with van der Waals surface area (Å²) in [4.78, 5) is 3.90. The Morgan fingerprint density at radius 2 is 2.17 bits per heavy atom. The summed E-state index contributed by atoms with van der Waals surface area (Å²) in [5.74, 6) is 0.449. The molecule has 1 aromatic rings. The number of nitrogens with one attached hydrogen (secondary N) is 1. The molecular formula is C10H21ClN4O2S. The normalized spacial score (nSPS) is 11.6. The number of hydrogen-bond donors (Lipinski definition) is 2. The number of halogens is 1. The first-order valence-electron chi connectivity index (χ1n) is 5.67. The first-order chi connectivity index (χ1) is 7.95. The maximum Gasteiger partial charge on any atom is 0.259 e. The second-order valence-electron chi connectivity index (χ2n) is 4.34. The smallest absolute Gasteiger partial charge is 0.259 e. The molecule has 0 unspecified atom stereocenters. The van der Waals surface area contributed by atoms with Crippen LogP contribution in [0.2, 0.25) is 0 Å². The molecule has 1 aromatic heterocycles. The van der Waals surface area contributed by atoms with Crippen LogP contribution in [0.4, 0.5) is 0 Å². The molecular weight excluding hydrogens is 276 g/mol. The summed E-state index contributed by atoms with van der Waals surface area (Å²) in [6.45, 7) is 5.69. The van der Waals surface area contributed by atoms with E-state index in [0.29, 0.717) is 25.4 Å². The molecule has 1 rings (SSSR count). The van der Waals surface area contributed by atoms with E-state index in [-0.39, 0.29) is 17.4 Å². The average molecular weight is 297 g/mol. The van der Waals surface area contributed by atoms with Crippen molar-refractivity contribution in [2.75, 3.05) is 13.1 Å². The van der Waals surface area contributed by atoms with Gasteiger partial charge in [-0.15, -0.1) is 12.4 Å². The van der Waals surface area contributed by atoms with Crippen molar-refractivity contribution >= 4 is 22.4 Å². The molecule has 0 amide bonds. The Morgan fingerprint density at radius 1 is 1.50 bits per heavy atom. The second-order valence-corrected chi connectivity index (χ2v) is 6.06. The van der Waals surface area contributed by atoms with Gasteiger partial charge in [0.25, 0.3) is 10.0 Å². The molecule has 0 spiro atoms. The van der Waals surface area contributed by atoms with Crippen molar-refractivity contribution in [3.63, 3.8) is 0 Å². The first kappa shape index (κ1) is 17.4. The molecule has 0 saturated carbocycles. The summed E-state index contributed by atoms with van der Waals surface area (Å²) in [6.07, 6.45) is 3.70. The summed E-state index contributed by atoms with van der Waals surface area (Å²) >= 11 is 0. The van der Waals surface area contributed by atoms with Crippen molar-refractivity contribution in [3.8, 4) is 0 Å². The zero-order valence-electron chi connectivity index (χ0n) is 10.7. The number of imidazole rings is 1. The third-order valence-electron chi connectivity index (χ3n) is 2.13. The third-order valence-corrected chi connectivity index (χ3v) is 3.48. The molecule has 106 valence electrons. The summed E-state index contributed by atoms with van der Waals surface area (Å²) in [6, 6.07) is 0. The van der Waals surface area contributed by atoms with Crippen LogP contribution in [0, 0.1) is 5.92 Å². The SMILES string of the molecule is CC(C)Cn1cnc(S(=O)(=O)NCCCN)c1.Cl. The van der Waals surface area contributed by atoms with Crippen LogP contribution in [-0.4, -0.2) is 31.1 Å². The predicted octanol–water partition coefficient (Wildman–Crippen LogP) is 0.588. The molecule has 1 heterocycles. The number of nitrogens with two attached hydrogens (primary N) is 1. The van der Waals surface area contributed by atoms with Gasteiger partial charge in [-0.25, -0.2) is 18.1 Å². The van der Waals surface area contributed by atoms with Gasteiger partial charge in [-0.3, -0.25) is 0 Å². The Bertz CT molecular complexity index is 444. The van der Waals surface area contributed by atoms with Crippen LogP contribution in [0.3, 0.4) is 0 Å². The van der Waals surface area contributed by atoms with Crippen molar-refractivity contribution in [3.05, 3.63) is 12.5 Å². The molecule has 6 nitrogen and oxygen atoms in total. The van der Waals surface area contributed by atoms with Gasteiger partial charge in [-0.05, 0) is 18.9 Å². The van der Waals surface area contributed by atoms with E-state index in [1.54, 1.807) is 10.8 Å². The zero-order chi connectivity index (χ0) is 12.9. The van der Waals surface area contributed by atoms with Crippen LogP contribution >= 0.6 is 12.4 Å². The van der Waals surface area contributed by atoms with E-state index in [2.05, 4.69) is 23.6 Å². The van der Waals surface area contributed by atoms with Crippen LogP contribution in [0.15, 0.2) is 17.6 Å². The Kier molecular flexibility index (Phi) is 7.46. The Labute approximate surface area is 114 Å². The van der Waals surface area contributed by atoms with E-state index in [9.17, 15) is 8.42 Å². The standard InChI is InChI=1S/C10H20N4O2S.ClH/c1-9(2)6-14-7-10(12-8-14)17(15,16)13-5-3-4-11;/h7-9,13H,3-6,11H2,1-2H3;1H. The topological polar surface area (TPSA) is 90.0 Å². The maximum absolute atomic E-state index is 11.8. The summed E-state index contributed by atoms with van der Waals surface area (Å²) in [5, 5.41) is 0.0650. The van der Waals surface area contributed by atoms with Gasteiger partial charge in [-0.1, -0.05) is 13.8 Å². The number of nitrogens with zero attached hydrogens (tertiary/aromatic N) is 2. The third kappa shape index (κ3) is 5.34. The number of hydrogen-bond acceptors (Lipinski definition) is 4. The van der Waals surface area contributed by atoms with Gasteiger partial charge in [0.15, 0.2) is 5.03 Å². The fourth-order valence-corrected chi connectivity index (χ4v) is 2.40. The van der Waals surface area contributed by atoms with Crippen LogP contribution < -0.4 is 10.5 Å². The lowest BCUT2D eigenvalue weighted by atomic mass is 10.2. The molecule has 0 fully saturated rings. The van der Waals surface area contributed by atoms with Crippen molar-refractivity contribution < 1.29 is 8.42 Å². The highest BCUT2D eigenvalue weighted by Crippen LogP contribution is 2.07. The predicted molar refractivity (Wildman–Crippen MR) is 73.2 cm³/mol. The molecule has 0 aromatic carbocycles. The van der Waals surface area contributed by atoms with Crippen molar-refractivity contribution in [2.45, 2.75) is 31.8 Å². The van der Waals surface area contributed by atoms with Gasteiger partial charge in [0.2, 0.25) is 0 Å². The quantitative estimate of drug-likeness (QED) is 0.721. The minimum absolute atomic E-state index is 0. The fourth-order valence-electron chi connectivity index (χ4n) is 1.38. The number of sulfonamides is 1. The van der Waals surface area contributed by atoms with E-state index in [4.69, 9.17) is 5.73 Å². The summed E-state index contributed by atoms with van der Waals surface area (Å²) in [5.41, 5.74) is 5.30. The largest absolute Gasteiger partial charge is 0.336 e. The highest BCUT2D eigenvalue weighted by Gasteiger charge is 2.16. The Hall–Kier alpha value is -0.630. The van der Waals surface area contributed by atoms with Crippen molar-refractivity contribution in [1.82, 2.24) is 14.3 Å². The number of rotatable bonds is 7. The zero-order valence-corrected chi connectivity index (χ0v) is 12.3. The van der Waals surface area contributed by atoms with E-state index < -0.39 is 10.0 Å². The van der Waals surface area contributed by atoms with Gasteiger partial charge in [-0.2, -0.15) is 0 Å². The maximum atomic E-state index is 11.8. The van der Waals surface area contributed by atoms with Crippen molar-refractivity contribution in [1.29, 1.82) is 0 Å². The highest BCUT2D eigenvalue weighted by molar-refractivity contribution is 7.89. The van der Waals surface area contributed by atoms with Gasteiger partial charge in [0, 0.05) is 19.3 Å². The molecule has 0 aliphatic carbocycles. The molecule has 0 saturated heterocycles. The Balaban J connectivity index is 0.00000289. The highest BCUT2D eigenvalue weighted by atomic mass is 35.5. The van der Waals surface area contributed by atoms with Gasteiger partial charge in [0.1, 0.15) is 0 Å². The molecule has 18 heavy (non-hydrogen) atoms. The minimum atomic E-state index is -3.48. The summed E-state index contributed by atoms with van der Waals surface area (Å²) < 4.78 is 27.8. The lowest BCUT2D eigenvalue weighted by molar-refractivity contribution is 0.521. The second kappa shape index (κ2) is 7.73. The molecule has 0 aliphatic rings. The van der Waals surface area contributed by atoms with Crippen molar-refractivity contribution in [2.24, 2.45) is 11.7 Å². The molecule has 0 atom stereocenters. The lowest BCUT2D eigenvalue weighted by Gasteiger charge is -2.04. The Morgan fingerprint density at radius 3 is 2.72 bits per heavy atom. The minimum Gasteiger partial charge on any atom is -0.336 e. The van der Waals surface area contributed by atoms with E-state index in [1.165, 1.54) is 6.33 Å². The van der Waals surface area contributed by atoms with E-state index in [0.717, 1.165) is 6.54 Å². The van der Waals surface area contributed by atoms with E-state index >= 15 is 0 Å². The van der Waals surface area contributed by atoms with Crippen LogP contribution in [-0.2, 0) is 16.6 Å². The molecule has 3 N–H and O–H groups in total. The van der Waals surface area contributed by atoms with E-state index in [1.807, 2.05) is 0 Å². The molecule has 8 heteroatoms. The van der Waals surface area contributed by atoms with Gasteiger partial charge < -0.3 is 10.3 Å².